The summed E-state index contributed by atoms with van der Waals surface area (Å²) in [6.07, 6.45) is 2.07. The number of nitrogen functional groups attached to an aromatic ring is 1. The number of anilines is 1. The lowest BCUT2D eigenvalue weighted by molar-refractivity contribution is 0.921. The SMILES string of the molecule is CCCc1cc2c(Br)ccc(C)c2nc1N. The van der Waals surface area contributed by atoms with Crippen LogP contribution in [0.1, 0.15) is 24.5 Å². The number of aromatic nitrogens is 1. The number of pyridine rings is 1. The Kier molecular flexibility index (Phi) is 3.15. The van der Waals surface area contributed by atoms with Crippen molar-refractivity contribution in [2.45, 2.75) is 26.7 Å². The molecule has 0 atom stereocenters. The molecule has 84 valence electrons. The Hall–Kier alpha value is -1.09. The number of rotatable bonds is 2. The summed E-state index contributed by atoms with van der Waals surface area (Å²) >= 11 is 3.56. The zero-order valence-corrected chi connectivity index (χ0v) is 11.1. The third-order valence-corrected chi connectivity index (χ3v) is 3.46. The number of halogens is 1. The van der Waals surface area contributed by atoms with Crippen molar-refractivity contribution >= 4 is 32.7 Å². The monoisotopic (exact) mass is 278 g/mol. The number of hydrogen-bond donors (Lipinski definition) is 1. The summed E-state index contributed by atoms with van der Waals surface area (Å²) in [4.78, 5) is 4.50. The first kappa shape index (κ1) is 11.4. The molecule has 0 bridgehead atoms. The van der Waals surface area contributed by atoms with Crippen LogP contribution in [0, 0.1) is 6.92 Å². The first-order chi connectivity index (χ1) is 7.63. The van der Waals surface area contributed by atoms with Crippen LogP contribution in [0.5, 0.6) is 0 Å². The van der Waals surface area contributed by atoms with Crippen molar-refractivity contribution in [2.75, 3.05) is 5.73 Å². The molecule has 2 rings (SSSR count). The molecule has 16 heavy (non-hydrogen) atoms. The van der Waals surface area contributed by atoms with Crippen LogP contribution in [0.3, 0.4) is 0 Å². The molecule has 0 radical (unpaired) electrons. The first-order valence-electron chi connectivity index (χ1n) is 5.47. The smallest absolute Gasteiger partial charge is 0.127 e. The predicted molar refractivity (Wildman–Crippen MR) is 72.6 cm³/mol. The molecule has 0 amide bonds. The van der Waals surface area contributed by atoms with E-state index in [2.05, 4.69) is 53.0 Å². The lowest BCUT2D eigenvalue weighted by atomic mass is 10.1. The maximum atomic E-state index is 5.97. The molecule has 0 saturated heterocycles. The van der Waals surface area contributed by atoms with E-state index in [0.29, 0.717) is 5.82 Å². The van der Waals surface area contributed by atoms with E-state index in [0.717, 1.165) is 39.3 Å². The second kappa shape index (κ2) is 4.42. The average molecular weight is 279 g/mol. The summed E-state index contributed by atoms with van der Waals surface area (Å²) < 4.78 is 1.08. The zero-order chi connectivity index (χ0) is 11.7. The largest absolute Gasteiger partial charge is 0.383 e. The van der Waals surface area contributed by atoms with Crippen LogP contribution in [0.2, 0.25) is 0 Å². The van der Waals surface area contributed by atoms with Crippen molar-refractivity contribution in [1.29, 1.82) is 0 Å². The molecule has 2 aromatic rings. The quantitative estimate of drug-likeness (QED) is 0.907. The van der Waals surface area contributed by atoms with E-state index < -0.39 is 0 Å². The number of nitrogens with two attached hydrogens (primary N) is 1. The van der Waals surface area contributed by atoms with E-state index in [1.54, 1.807) is 0 Å². The van der Waals surface area contributed by atoms with Gasteiger partial charge >= 0.3 is 0 Å². The maximum Gasteiger partial charge on any atom is 0.127 e. The van der Waals surface area contributed by atoms with E-state index in [4.69, 9.17) is 5.73 Å². The van der Waals surface area contributed by atoms with Crippen LogP contribution in [0.15, 0.2) is 22.7 Å². The van der Waals surface area contributed by atoms with Crippen molar-refractivity contribution in [2.24, 2.45) is 0 Å². The summed E-state index contributed by atoms with van der Waals surface area (Å²) in [5, 5.41) is 1.15. The first-order valence-corrected chi connectivity index (χ1v) is 6.27. The van der Waals surface area contributed by atoms with Gasteiger partial charge in [-0.1, -0.05) is 35.3 Å². The fourth-order valence-corrected chi connectivity index (χ4v) is 2.32. The van der Waals surface area contributed by atoms with Crippen LogP contribution in [-0.2, 0) is 6.42 Å². The van der Waals surface area contributed by atoms with Crippen LogP contribution >= 0.6 is 15.9 Å². The molecule has 3 heteroatoms. The van der Waals surface area contributed by atoms with E-state index in [1.165, 1.54) is 0 Å². The molecule has 2 N–H and O–H groups in total. The summed E-state index contributed by atoms with van der Waals surface area (Å²) in [7, 11) is 0. The van der Waals surface area contributed by atoms with Crippen LogP contribution in [-0.4, -0.2) is 4.98 Å². The lowest BCUT2D eigenvalue weighted by Gasteiger charge is -2.09. The van der Waals surface area contributed by atoms with Crippen molar-refractivity contribution in [1.82, 2.24) is 4.98 Å². The van der Waals surface area contributed by atoms with E-state index >= 15 is 0 Å². The van der Waals surface area contributed by atoms with Gasteiger partial charge in [-0.3, -0.25) is 0 Å². The minimum atomic E-state index is 0.663. The standard InChI is InChI=1S/C13H15BrN2/c1-3-4-9-7-10-11(14)6-5-8(2)12(10)16-13(9)15/h5-7H,3-4H2,1-2H3,(H2,15,16). The lowest BCUT2D eigenvalue weighted by Crippen LogP contribution is -1.99. The van der Waals surface area contributed by atoms with Gasteiger partial charge in [-0.25, -0.2) is 4.98 Å². The normalized spacial score (nSPS) is 10.9. The number of aryl methyl sites for hydroxylation is 2. The van der Waals surface area contributed by atoms with Gasteiger partial charge in [-0.05, 0) is 36.6 Å². The van der Waals surface area contributed by atoms with Gasteiger partial charge in [-0.15, -0.1) is 0 Å². The third-order valence-electron chi connectivity index (χ3n) is 2.76. The van der Waals surface area contributed by atoms with Crippen molar-refractivity contribution in [3.05, 3.63) is 33.8 Å². The van der Waals surface area contributed by atoms with Crippen molar-refractivity contribution in [3.63, 3.8) is 0 Å². The summed E-state index contributed by atoms with van der Waals surface area (Å²) in [5.74, 6) is 0.663. The Labute approximate surface area is 104 Å². The van der Waals surface area contributed by atoms with E-state index in [9.17, 15) is 0 Å². The molecule has 2 nitrogen and oxygen atoms in total. The molecule has 0 unspecified atom stereocenters. The highest BCUT2D eigenvalue weighted by Crippen LogP contribution is 2.28. The topological polar surface area (TPSA) is 38.9 Å². The number of nitrogens with zero attached hydrogens (tertiary/aromatic N) is 1. The molecule has 0 aliphatic heterocycles. The molecule has 0 fully saturated rings. The van der Waals surface area contributed by atoms with E-state index in [-0.39, 0.29) is 0 Å². The Morgan fingerprint density at radius 2 is 2.12 bits per heavy atom. The number of fused-ring (bicyclic) bond motifs is 1. The maximum absolute atomic E-state index is 5.97. The number of hydrogen-bond acceptors (Lipinski definition) is 2. The second-order valence-corrected chi connectivity index (χ2v) is 4.90. The molecular weight excluding hydrogens is 264 g/mol. The zero-order valence-electron chi connectivity index (χ0n) is 9.55. The highest BCUT2D eigenvalue weighted by molar-refractivity contribution is 9.10. The van der Waals surface area contributed by atoms with Crippen LogP contribution in [0.25, 0.3) is 10.9 Å². The molecule has 1 aromatic carbocycles. The molecular formula is C13H15BrN2. The van der Waals surface area contributed by atoms with Crippen molar-refractivity contribution in [3.8, 4) is 0 Å². The van der Waals surface area contributed by atoms with Gasteiger partial charge in [0.25, 0.3) is 0 Å². The molecule has 1 heterocycles. The summed E-state index contributed by atoms with van der Waals surface area (Å²) in [6, 6.07) is 6.27. The fraction of sp³-hybridized carbons (Fsp3) is 0.308. The Morgan fingerprint density at radius 3 is 2.81 bits per heavy atom. The fourth-order valence-electron chi connectivity index (χ4n) is 1.89. The number of benzene rings is 1. The second-order valence-electron chi connectivity index (χ2n) is 4.04. The molecule has 0 aliphatic rings. The molecule has 0 saturated carbocycles. The van der Waals surface area contributed by atoms with Gasteiger partial charge in [0.1, 0.15) is 5.82 Å². The van der Waals surface area contributed by atoms with E-state index in [1.807, 2.05) is 0 Å². The third kappa shape index (κ3) is 1.92. The van der Waals surface area contributed by atoms with Gasteiger partial charge < -0.3 is 5.73 Å². The van der Waals surface area contributed by atoms with Gasteiger partial charge in [0.15, 0.2) is 0 Å². The highest BCUT2D eigenvalue weighted by atomic mass is 79.9. The Morgan fingerprint density at radius 1 is 1.38 bits per heavy atom. The Bertz CT molecular complexity index is 535. The van der Waals surface area contributed by atoms with Crippen LogP contribution < -0.4 is 5.73 Å². The Balaban J connectivity index is 2.73. The predicted octanol–water partition coefficient (Wildman–Crippen LogP) is 3.84. The van der Waals surface area contributed by atoms with Gasteiger partial charge in [0.2, 0.25) is 0 Å². The molecule has 0 spiro atoms. The van der Waals surface area contributed by atoms with Gasteiger partial charge in [0.05, 0.1) is 5.52 Å². The van der Waals surface area contributed by atoms with Gasteiger partial charge in [0, 0.05) is 9.86 Å². The summed E-state index contributed by atoms with van der Waals surface area (Å²) in [6.45, 7) is 4.20. The molecule has 0 aliphatic carbocycles. The van der Waals surface area contributed by atoms with Crippen molar-refractivity contribution < 1.29 is 0 Å². The van der Waals surface area contributed by atoms with Crippen LogP contribution in [0.4, 0.5) is 5.82 Å². The minimum absolute atomic E-state index is 0.663. The highest BCUT2D eigenvalue weighted by Gasteiger charge is 2.07. The summed E-state index contributed by atoms with van der Waals surface area (Å²) in [5.41, 5.74) is 9.26. The molecule has 1 aromatic heterocycles. The average Bonchev–Trinajstić information content (AvgIpc) is 2.26. The minimum Gasteiger partial charge on any atom is -0.383 e. The van der Waals surface area contributed by atoms with Gasteiger partial charge in [-0.2, -0.15) is 0 Å².